The zero-order valence-electron chi connectivity index (χ0n) is 11.0. The van der Waals surface area contributed by atoms with Crippen molar-refractivity contribution >= 4 is 0 Å². The molecule has 3 aromatic rings. The minimum Gasteiger partial charge on any atom is -0.305 e. The summed E-state index contributed by atoms with van der Waals surface area (Å²) in [7, 11) is 0. The average molecular weight is 263 g/mol. The fourth-order valence-corrected chi connectivity index (χ4v) is 2.04. The monoisotopic (exact) mass is 263 g/mol. The Morgan fingerprint density at radius 1 is 0.900 bits per heavy atom. The molecule has 0 amide bonds. The van der Waals surface area contributed by atoms with Gasteiger partial charge in [0.2, 0.25) is 0 Å². The summed E-state index contributed by atoms with van der Waals surface area (Å²) in [5, 5.41) is 0. The molecule has 2 aromatic heterocycles. The predicted octanol–water partition coefficient (Wildman–Crippen LogP) is 2.81. The number of rotatable bonds is 2. The predicted molar refractivity (Wildman–Crippen MR) is 78.3 cm³/mol. The van der Waals surface area contributed by atoms with Crippen LogP contribution in [0.3, 0.4) is 0 Å². The van der Waals surface area contributed by atoms with Crippen LogP contribution in [0.1, 0.15) is 5.69 Å². The zero-order valence-corrected chi connectivity index (χ0v) is 11.0. The van der Waals surface area contributed by atoms with Crippen molar-refractivity contribution in [2.75, 3.05) is 0 Å². The van der Waals surface area contributed by atoms with Gasteiger partial charge in [-0.2, -0.15) is 0 Å². The highest BCUT2D eigenvalue weighted by Crippen LogP contribution is 2.19. The SMILES string of the molecule is Cc1cc(=O)[nH]c(-c2cccc(-c3ccccc3)n2)n1. The Morgan fingerprint density at radius 3 is 2.40 bits per heavy atom. The number of hydrogen-bond donors (Lipinski definition) is 1. The molecule has 0 aliphatic carbocycles. The van der Waals surface area contributed by atoms with E-state index in [1.807, 2.05) is 48.5 Å². The first-order valence-electron chi connectivity index (χ1n) is 6.33. The third kappa shape index (κ3) is 2.49. The first-order valence-corrected chi connectivity index (χ1v) is 6.33. The molecule has 1 aromatic carbocycles. The Hall–Kier alpha value is -2.75. The van der Waals surface area contributed by atoms with Crippen molar-refractivity contribution in [2.24, 2.45) is 0 Å². The summed E-state index contributed by atoms with van der Waals surface area (Å²) in [6.07, 6.45) is 0. The molecule has 0 bridgehead atoms. The van der Waals surface area contributed by atoms with E-state index in [-0.39, 0.29) is 5.56 Å². The lowest BCUT2D eigenvalue weighted by atomic mass is 10.1. The summed E-state index contributed by atoms with van der Waals surface area (Å²) in [6, 6.07) is 17.0. The third-order valence-electron chi connectivity index (χ3n) is 2.93. The molecule has 0 saturated carbocycles. The van der Waals surface area contributed by atoms with E-state index in [4.69, 9.17) is 0 Å². The summed E-state index contributed by atoms with van der Waals surface area (Å²) < 4.78 is 0. The number of nitrogens with one attached hydrogen (secondary N) is 1. The lowest BCUT2D eigenvalue weighted by Crippen LogP contribution is -2.09. The molecule has 0 spiro atoms. The van der Waals surface area contributed by atoms with Gasteiger partial charge in [0.05, 0.1) is 5.69 Å². The summed E-state index contributed by atoms with van der Waals surface area (Å²) >= 11 is 0. The quantitative estimate of drug-likeness (QED) is 0.773. The van der Waals surface area contributed by atoms with Gasteiger partial charge in [0.25, 0.3) is 5.56 Å². The molecule has 0 atom stereocenters. The summed E-state index contributed by atoms with van der Waals surface area (Å²) in [4.78, 5) is 23.1. The number of benzene rings is 1. The van der Waals surface area contributed by atoms with Crippen molar-refractivity contribution in [3.8, 4) is 22.8 Å². The fourth-order valence-electron chi connectivity index (χ4n) is 2.04. The van der Waals surface area contributed by atoms with Crippen molar-refractivity contribution in [1.29, 1.82) is 0 Å². The van der Waals surface area contributed by atoms with Crippen LogP contribution in [0, 0.1) is 6.92 Å². The van der Waals surface area contributed by atoms with Crippen LogP contribution in [-0.2, 0) is 0 Å². The van der Waals surface area contributed by atoms with Crippen LogP contribution in [0.2, 0.25) is 0 Å². The van der Waals surface area contributed by atoms with E-state index >= 15 is 0 Å². The number of hydrogen-bond acceptors (Lipinski definition) is 3. The molecule has 4 heteroatoms. The van der Waals surface area contributed by atoms with Crippen molar-refractivity contribution in [3.63, 3.8) is 0 Å². The standard InChI is InChI=1S/C16H13N3O/c1-11-10-15(20)19-16(17-11)14-9-5-8-13(18-14)12-6-3-2-4-7-12/h2-10H,1H3,(H,17,19,20). The molecule has 0 unspecified atom stereocenters. The maximum atomic E-state index is 11.5. The Bertz CT molecular complexity index is 794. The molecular weight excluding hydrogens is 250 g/mol. The Morgan fingerprint density at radius 2 is 1.65 bits per heavy atom. The highest BCUT2D eigenvalue weighted by atomic mass is 16.1. The van der Waals surface area contributed by atoms with Crippen LogP contribution in [-0.4, -0.2) is 15.0 Å². The lowest BCUT2D eigenvalue weighted by Gasteiger charge is -2.04. The Labute approximate surface area is 116 Å². The maximum absolute atomic E-state index is 11.5. The minimum atomic E-state index is -0.167. The van der Waals surface area contributed by atoms with E-state index < -0.39 is 0 Å². The molecule has 4 nitrogen and oxygen atoms in total. The van der Waals surface area contributed by atoms with Gasteiger partial charge in [-0.3, -0.25) is 4.79 Å². The average Bonchev–Trinajstić information content (AvgIpc) is 2.47. The molecule has 0 saturated heterocycles. The zero-order chi connectivity index (χ0) is 13.9. The van der Waals surface area contributed by atoms with Gasteiger partial charge in [0, 0.05) is 17.3 Å². The van der Waals surface area contributed by atoms with Gasteiger partial charge in [-0.25, -0.2) is 9.97 Å². The molecular formula is C16H13N3O. The highest BCUT2D eigenvalue weighted by Gasteiger charge is 2.05. The second-order valence-electron chi connectivity index (χ2n) is 4.51. The van der Waals surface area contributed by atoms with Crippen molar-refractivity contribution in [1.82, 2.24) is 15.0 Å². The maximum Gasteiger partial charge on any atom is 0.251 e. The summed E-state index contributed by atoms with van der Waals surface area (Å²) in [5.41, 5.74) is 3.05. The molecule has 98 valence electrons. The third-order valence-corrected chi connectivity index (χ3v) is 2.93. The van der Waals surface area contributed by atoms with E-state index in [0.29, 0.717) is 17.2 Å². The first-order chi connectivity index (χ1) is 9.72. The van der Waals surface area contributed by atoms with E-state index in [2.05, 4.69) is 15.0 Å². The minimum absolute atomic E-state index is 0.167. The van der Waals surface area contributed by atoms with E-state index in [1.165, 1.54) is 6.07 Å². The molecule has 2 heterocycles. The van der Waals surface area contributed by atoms with Gasteiger partial charge in [0.1, 0.15) is 5.69 Å². The van der Waals surface area contributed by atoms with Crippen molar-refractivity contribution in [3.05, 3.63) is 70.6 Å². The molecule has 0 aliphatic rings. The molecule has 1 N–H and O–H groups in total. The molecule has 0 aliphatic heterocycles. The van der Waals surface area contributed by atoms with Crippen LogP contribution < -0.4 is 5.56 Å². The lowest BCUT2D eigenvalue weighted by molar-refractivity contribution is 1.06. The highest BCUT2D eigenvalue weighted by molar-refractivity contribution is 5.62. The van der Waals surface area contributed by atoms with Crippen molar-refractivity contribution < 1.29 is 0 Å². The molecule has 20 heavy (non-hydrogen) atoms. The fraction of sp³-hybridized carbons (Fsp3) is 0.0625. The van der Waals surface area contributed by atoms with Gasteiger partial charge in [-0.1, -0.05) is 36.4 Å². The van der Waals surface area contributed by atoms with E-state index in [0.717, 1.165) is 11.3 Å². The number of aromatic amines is 1. The van der Waals surface area contributed by atoms with Gasteiger partial charge >= 0.3 is 0 Å². The van der Waals surface area contributed by atoms with Crippen LogP contribution in [0.15, 0.2) is 59.4 Å². The number of pyridine rings is 1. The largest absolute Gasteiger partial charge is 0.305 e. The van der Waals surface area contributed by atoms with Gasteiger partial charge in [0.15, 0.2) is 5.82 Å². The Balaban J connectivity index is 2.10. The smallest absolute Gasteiger partial charge is 0.251 e. The van der Waals surface area contributed by atoms with Gasteiger partial charge < -0.3 is 4.98 Å². The normalized spacial score (nSPS) is 10.4. The van der Waals surface area contributed by atoms with E-state index in [9.17, 15) is 4.79 Å². The van der Waals surface area contributed by atoms with Crippen LogP contribution in [0.25, 0.3) is 22.8 Å². The van der Waals surface area contributed by atoms with Crippen LogP contribution in [0.5, 0.6) is 0 Å². The molecule has 0 fully saturated rings. The Kier molecular flexibility index (Phi) is 3.13. The number of nitrogens with zero attached hydrogens (tertiary/aromatic N) is 2. The van der Waals surface area contributed by atoms with Gasteiger partial charge in [-0.15, -0.1) is 0 Å². The number of aromatic nitrogens is 3. The molecule has 3 rings (SSSR count). The van der Waals surface area contributed by atoms with Crippen molar-refractivity contribution in [2.45, 2.75) is 6.92 Å². The topological polar surface area (TPSA) is 58.6 Å². The van der Waals surface area contributed by atoms with Crippen LogP contribution in [0.4, 0.5) is 0 Å². The summed E-state index contributed by atoms with van der Waals surface area (Å²) in [5.74, 6) is 0.493. The second-order valence-corrected chi connectivity index (χ2v) is 4.51. The second kappa shape index (κ2) is 5.09. The summed E-state index contributed by atoms with van der Waals surface area (Å²) in [6.45, 7) is 1.79. The molecule has 0 radical (unpaired) electrons. The number of aryl methyl sites for hydroxylation is 1. The number of H-pyrrole nitrogens is 1. The van der Waals surface area contributed by atoms with Gasteiger partial charge in [-0.05, 0) is 19.1 Å². The first kappa shape index (κ1) is 12.3. The van der Waals surface area contributed by atoms with Crippen LogP contribution >= 0.6 is 0 Å². The van der Waals surface area contributed by atoms with E-state index in [1.54, 1.807) is 6.92 Å².